The van der Waals surface area contributed by atoms with Crippen molar-refractivity contribution < 1.29 is 19.1 Å². The van der Waals surface area contributed by atoms with Crippen LogP contribution in [0.2, 0.25) is 10.0 Å². The molecular formula is C27H27Cl2FN2O3. The largest absolute Gasteiger partial charge is 0.350 e. The average molecular weight is 517 g/mol. The van der Waals surface area contributed by atoms with Crippen LogP contribution in [0.5, 0.6) is 5.75 Å². The maximum atomic E-state index is 13.5. The first kappa shape index (κ1) is 26.5. The van der Waals surface area contributed by atoms with Crippen LogP contribution < -0.4 is 10.3 Å². The van der Waals surface area contributed by atoms with Crippen LogP contribution in [-0.4, -0.2) is 22.8 Å². The van der Waals surface area contributed by atoms with E-state index in [2.05, 4.69) is 10.3 Å². The van der Waals surface area contributed by atoms with Gasteiger partial charge < -0.3 is 10.2 Å². The molecule has 35 heavy (non-hydrogen) atoms. The van der Waals surface area contributed by atoms with Crippen LogP contribution in [0.15, 0.2) is 72.8 Å². The number of carbonyl (C=O) groups excluding carboxylic acids is 2. The molecule has 0 radical (unpaired) electrons. The lowest BCUT2D eigenvalue weighted by Gasteiger charge is -2.35. The van der Waals surface area contributed by atoms with Crippen LogP contribution in [0.25, 0.3) is 0 Å². The highest BCUT2D eigenvalue weighted by atomic mass is 35.5. The van der Waals surface area contributed by atoms with Gasteiger partial charge in [0.15, 0.2) is 5.75 Å². The molecule has 3 aromatic carbocycles. The van der Waals surface area contributed by atoms with Gasteiger partial charge in [-0.15, -0.1) is 0 Å². The molecule has 3 aromatic rings. The quantitative estimate of drug-likeness (QED) is 0.335. The van der Waals surface area contributed by atoms with Gasteiger partial charge in [-0.05, 0) is 61.2 Å². The van der Waals surface area contributed by atoms with E-state index in [1.54, 1.807) is 35.2 Å². The summed E-state index contributed by atoms with van der Waals surface area (Å²) >= 11 is 12.4. The molecule has 0 aliphatic heterocycles. The van der Waals surface area contributed by atoms with Gasteiger partial charge in [0.1, 0.15) is 6.04 Å². The number of aryl methyl sites for hydroxylation is 1. The predicted molar refractivity (Wildman–Crippen MR) is 136 cm³/mol. The first-order chi connectivity index (χ1) is 16.8. The molecule has 1 unspecified atom stereocenters. The first-order valence-electron chi connectivity index (χ1n) is 11.3. The van der Waals surface area contributed by atoms with Crippen molar-refractivity contribution in [3.8, 4) is 5.75 Å². The van der Waals surface area contributed by atoms with Crippen molar-refractivity contribution in [1.29, 1.82) is 0 Å². The van der Waals surface area contributed by atoms with E-state index in [0.717, 1.165) is 11.1 Å². The van der Waals surface area contributed by atoms with Gasteiger partial charge in [0, 0.05) is 23.5 Å². The zero-order valence-corrected chi connectivity index (χ0v) is 21.0. The van der Waals surface area contributed by atoms with Crippen molar-refractivity contribution in [3.05, 3.63) is 99.5 Å². The zero-order valence-electron chi connectivity index (χ0n) is 19.5. The summed E-state index contributed by atoms with van der Waals surface area (Å²) in [6.45, 7) is 4.04. The predicted octanol–water partition coefficient (Wildman–Crippen LogP) is 6.48. The molecule has 0 aromatic heterocycles. The SMILES string of the molecule is CC(C)N(C(=O)CCc1ccc(OF)cc1)C(C(=O)NCc1ccccc1)c1ccc(Cl)c(Cl)c1. The van der Waals surface area contributed by atoms with Gasteiger partial charge in [-0.25, -0.2) is 0 Å². The number of nitrogens with one attached hydrogen (secondary N) is 1. The van der Waals surface area contributed by atoms with Crippen LogP contribution in [0.4, 0.5) is 4.53 Å². The number of carbonyl (C=O) groups is 2. The van der Waals surface area contributed by atoms with Gasteiger partial charge in [0.05, 0.1) is 10.0 Å². The summed E-state index contributed by atoms with van der Waals surface area (Å²) in [5.41, 5.74) is 2.36. The smallest absolute Gasteiger partial charge is 0.247 e. The Morgan fingerprint density at radius 1 is 0.943 bits per heavy atom. The Bertz CT molecular complexity index is 1140. The summed E-state index contributed by atoms with van der Waals surface area (Å²) in [7, 11) is 0. The van der Waals surface area contributed by atoms with E-state index in [4.69, 9.17) is 23.2 Å². The van der Waals surface area contributed by atoms with Crippen LogP contribution >= 0.6 is 23.2 Å². The van der Waals surface area contributed by atoms with E-state index < -0.39 is 6.04 Å². The fraction of sp³-hybridized carbons (Fsp3) is 0.259. The second-order valence-electron chi connectivity index (χ2n) is 8.40. The monoisotopic (exact) mass is 516 g/mol. The fourth-order valence-corrected chi connectivity index (χ4v) is 4.13. The summed E-state index contributed by atoms with van der Waals surface area (Å²) in [6, 6.07) is 19.7. The van der Waals surface area contributed by atoms with E-state index >= 15 is 0 Å². The number of benzene rings is 3. The van der Waals surface area contributed by atoms with Crippen LogP contribution in [0.3, 0.4) is 0 Å². The molecule has 2 amide bonds. The molecule has 3 rings (SSSR count). The van der Waals surface area contributed by atoms with Gasteiger partial charge in [-0.2, -0.15) is 0 Å². The summed E-state index contributed by atoms with van der Waals surface area (Å²) in [4.78, 5) is 32.2. The highest BCUT2D eigenvalue weighted by Crippen LogP contribution is 2.30. The number of rotatable bonds is 10. The molecule has 0 saturated heterocycles. The van der Waals surface area contributed by atoms with E-state index in [0.29, 0.717) is 28.6 Å². The molecule has 1 N–H and O–H groups in total. The van der Waals surface area contributed by atoms with Crippen molar-refractivity contribution >= 4 is 35.0 Å². The lowest BCUT2D eigenvalue weighted by atomic mass is 10.0. The molecule has 184 valence electrons. The third-order valence-corrected chi connectivity index (χ3v) is 6.32. The van der Waals surface area contributed by atoms with E-state index in [1.807, 2.05) is 44.2 Å². The summed E-state index contributed by atoms with van der Waals surface area (Å²) < 4.78 is 12.3. The Labute approximate surface area is 214 Å². The van der Waals surface area contributed by atoms with E-state index in [1.165, 1.54) is 12.1 Å². The van der Waals surface area contributed by atoms with Crippen LogP contribution in [-0.2, 0) is 22.6 Å². The van der Waals surface area contributed by atoms with Crippen LogP contribution in [0.1, 0.15) is 43.0 Å². The molecule has 0 heterocycles. The normalized spacial score (nSPS) is 11.7. The lowest BCUT2D eigenvalue weighted by Crippen LogP contribution is -2.47. The molecule has 5 nitrogen and oxygen atoms in total. The second kappa shape index (κ2) is 12.6. The number of halogens is 3. The fourth-order valence-electron chi connectivity index (χ4n) is 3.82. The van der Waals surface area contributed by atoms with Crippen molar-refractivity contribution in [1.82, 2.24) is 10.2 Å². The minimum Gasteiger partial charge on any atom is -0.350 e. The van der Waals surface area contributed by atoms with Crippen molar-refractivity contribution in [2.45, 2.75) is 45.3 Å². The van der Waals surface area contributed by atoms with Gasteiger partial charge in [-0.3, -0.25) is 14.5 Å². The van der Waals surface area contributed by atoms with E-state index in [9.17, 15) is 14.1 Å². The standard InChI is InChI=1S/C27H27Cl2FN2O3/c1-18(2)32(25(33)15-10-19-8-12-22(35-30)13-9-19)26(21-11-14-23(28)24(29)16-21)27(34)31-17-20-6-4-3-5-7-20/h3-9,11-14,16,18,26H,10,15,17H2,1-2H3,(H,31,34). The third-order valence-electron chi connectivity index (χ3n) is 5.58. The molecule has 0 bridgehead atoms. The molecule has 8 heteroatoms. The van der Waals surface area contributed by atoms with Crippen LogP contribution in [0, 0.1) is 0 Å². The number of hydrogen-bond donors (Lipinski definition) is 1. The van der Waals surface area contributed by atoms with Crippen molar-refractivity contribution in [3.63, 3.8) is 0 Å². The first-order valence-corrected chi connectivity index (χ1v) is 12.0. The topological polar surface area (TPSA) is 58.6 Å². The average Bonchev–Trinajstić information content (AvgIpc) is 2.86. The number of nitrogens with zero attached hydrogens (tertiary/aromatic N) is 1. The van der Waals surface area contributed by atoms with E-state index in [-0.39, 0.29) is 30.0 Å². The third kappa shape index (κ3) is 7.20. The van der Waals surface area contributed by atoms with Gasteiger partial charge >= 0.3 is 0 Å². The number of hydrogen-bond acceptors (Lipinski definition) is 3. The Hall–Kier alpha value is -3.09. The molecule has 0 fully saturated rings. The Kier molecular flexibility index (Phi) is 9.52. The van der Waals surface area contributed by atoms with Gasteiger partial charge in [0.2, 0.25) is 11.8 Å². The minimum atomic E-state index is -0.900. The maximum Gasteiger partial charge on any atom is 0.247 e. The van der Waals surface area contributed by atoms with Gasteiger partial charge in [-0.1, -0.05) is 71.7 Å². The highest BCUT2D eigenvalue weighted by Gasteiger charge is 2.33. The zero-order chi connectivity index (χ0) is 25.4. The Morgan fingerprint density at radius 2 is 1.63 bits per heavy atom. The summed E-state index contributed by atoms with van der Waals surface area (Å²) in [5.74, 6) is -0.422. The highest BCUT2D eigenvalue weighted by molar-refractivity contribution is 6.42. The lowest BCUT2D eigenvalue weighted by molar-refractivity contribution is -0.143. The Morgan fingerprint density at radius 3 is 2.23 bits per heavy atom. The van der Waals surface area contributed by atoms with Crippen molar-refractivity contribution in [2.24, 2.45) is 0 Å². The molecular weight excluding hydrogens is 490 g/mol. The maximum absolute atomic E-state index is 13.5. The minimum absolute atomic E-state index is 0.0960. The summed E-state index contributed by atoms with van der Waals surface area (Å²) in [6.07, 6.45) is 0.589. The van der Waals surface area contributed by atoms with Gasteiger partial charge in [0.25, 0.3) is 0 Å². The molecule has 0 aliphatic carbocycles. The molecule has 0 aliphatic rings. The summed E-state index contributed by atoms with van der Waals surface area (Å²) in [5, 5.41) is 3.62. The second-order valence-corrected chi connectivity index (χ2v) is 9.21. The van der Waals surface area contributed by atoms with Crippen molar-refractivity contribution in [2.75, 3.05) is 0 Å². The molecule has 1 atom stereocenters. The Balaban J connectivity index is 1.85. The molecule has 0 saturated carbocycles. The number of amides is 2. The molecule has 0 spiro atoms.